The number of benzene rings is 1. The predicted molar refractivity (Wildman–Crippen MR) is 73.3 cm³/mol. The highest BCUT2D eigenvalue weighted by molar-refractivity contribution is 9.10. The van der Waals surface area contributed by atoms with E-state index in [0.717, 1.165) is 6.42 Å². The summed E-state index contributed by atoms with van der Waals surface area (Å²) in [6.07, 6.45) is 1.47. The number of anilines is 1. The lowest BCUT2D eigenvalue weighted by Gasteiger charge is -2.22. The first-order valence-corrected chi connectivity index (χ1v) is 6.70. The van der Waals surface area contributed by atoms with Crippen LogP contribution in [0.2, 0.25) is 0 Å². The fraction of sp³-hybridized carbons (Fsp3) is 0.385. The van der Waals surface area contributed by atoms with Crippen LogP contribution in [-0.2, 0) is 9.53 Å². The van der Waals surface area contributed by atoms with Crippen LogP contribution in [0.15, 0.2) is 22.7 Å². The van der Waals surface area contributed by atoms with Crippen LogP contribution in [0, 0.1) is 0 Å². The molecule has 0 saturated carbocycles. The van der Waals surface area contributed by atoms with E-state index in [-0.39, 0.29) is 17.2 Å². The molecule has 1 atom stereocenters. The van der Waals surface area contributed by atoms with Crippen molar-refractivity contribution >= 4 is 33.5 Å². The van der Waals surface area contributed by atoms with Crippen molar-refractivity contribution < 1.29 is 19.4 Å². The minimum atomic E-state index is -1.09. The van der Waals surface area contributed by atoms with Gasteiger partial charge in [-0.15, -0.1) is 0 Å². The number of ether oxygens (including phenoxy) is 1. The van der Waals surface area contributed by atoms with Crippen LogP contribution in [0.3, 0.4) is 0 Å². The Balaban J connectivity index is 2.23. The summed E-state index contributed by atoms with van der Waals surface area (Å²) in [6, 6.07) is 4.69. The number of hydrogen-bond acceptors (Lipinski definition) is 3. The number of carbonyl (C=O) groups excluding carboxylic acids is 1. The summed E-state index contributed by atoms with van der Waals surface area (Å²) in [5.41, 5.74) is -0.551. The Hall–Kier alpha value is -1.40. The van der Waals surface area contributed by atoms with Crippen LogP contribution < -0.4 is 5.32 Å². The molecule has 19 heavy (non-hydrogen) atoms. The minimum absolute atomic E-state index is 0.0457. The largest absolute Gasteiger partial charge is 0.478 e. The molecule has 0 aromatic heterocycles. The van der Waals surface area contributed by atoms with E-state index in [0.29, 0.717) is 17.5 Å². The number of rotatable bonds is 3. The number of amides is 1. The fourth-order valence-corrected chi connectivity index (χ4v) is 2.38. The van der Waals surface area contributed by atoms with Crippen LogP contribution in [0.25, 0.3) is 0 Å². The van der Waals surface area contributed by atoms with Crippen molar-refractivity contribution in [2.24, 2.45) is 0 Å². The maximum Gasteiger partial charge on any atom is 0.337 e. The normalized spacial score (nSPS) is 22.2. The van der Waals surface area contributed by atoms with Gasteiger partial charge in [0.15, 0.2) is 0 Å². The summed E-state index contributed by atoms with van der Waals surface area (Å²) in [5, 5.41) is 11.8. The number of carbonyl (C=O) groups is 2. The molecular formula is C13H14BrNO4. The highest BCUT2D eigenvalue weighted by atomic mass is 79.9. The zero-order chi connectivity index (χ0) is 14.0. The quantitative estimate of drug-likeness (QED) is 0.894. The van der Waals surface area contributed by atoms with Gasteiger partial charge in [-0.2, -0.15) is 0 Å². The summed E-state index contributed by atoms with van der Waals surface area (Å²) in [7, 11) is 0. The first kappa shape index (κ1) is 14.0. The second-order valence-corrected chi connectivity index (χ2v) is 5.55. The predicted octanol–water partition coefficient (Wildman–Crippen LogP) is 2.65. The molecule has 2 rings (SSSR count). The summed E-state index contributed by atoms with van der Waals surface area (Å²) < 4.78 is 6.07. The van der Waals surface area contributed by atoms with Gasteiger partial charge in [0.1, 0.15) is 5.60 Å². The Bertz CT molecular complexity index is 523. The van der Waals surface area contributed by atoms with Crippen molar-refractivity contribution in [1.82, 2.24) is 0 Å². The number of carboxylic acid groups (broad SMARTS) is 1. The third kappa shape index (κ3) is 2.96. The van der Waals surface area contributed by atoms with Gasteiger partial charge in [-0.05, 0) is 38.0 Å². The molecule has 1 unspecified atom stereocenters. The number of nitrogens with one attached hydrogen (secondary N) is 1. The van der Waals surface area contributed by atoms with E-state index in [1.807, 2.05) is 0 Å². The molecule has 0 radical (unpaired) electrons. The maximum absolute atomic E-state index is 12.2. The van der Waals surface area contributed by atoms with E-state index < -0.39 is 11.6 Å². The summed E-state index contributed by atoms with van der Waals surface area (Å²) in [4.78, 5) is 23.3. The zero-order valence-corrected chi connectivity index (χ0v) is 12.0. The number of halogens is 1. The molecular weight excluding hydrogens is 314 g/mol. The lowest BCUT2D eigenvalue weighted by molar-refractivity contribution is -0.133. The molecule has 1 fully saturated rings. The van der Waals surface area contributed by atoms with Crippen molar-refractivity contribution in [2.45, 2.75) is 25.4 Å². The SMILES string of the molecule is CC1(C(=O)Nc2ccc(Br)cc2C(=O)O)CCCO1. The number of aromatic carboxylic acids is 1. The molecule has 2 N–H and O–H groups in total. The Morgan fingerprint density at radius 2 is 2.21 bits per heavy atom. The van der Waals surface area contributed by atoms with Crippen LogP contribution in [0.5, 0.6) is 0 Å². The lowest BCUT2D eigenvalue weighted by Crippen LogP contribution is -2.39. The highest BCUT2D eigenvalue weighted by Gasteiger charge is 2.38. The molecule has 1 aliphatic heterocycles. The molecule has 6 heteroatoms. The van der Waals surface area contributed by atoms with Gasteiger partial charge in [0.2, 0.25) is 0 Å². The lowest BCUT2D eigenvalue weighted by atomic mass is 10.0. The second-order valence-electron chi connectivity index (χ2n) is 4.63. The van der Waals surface area contributed by atoms with Crippen LogP contribution in [0.4, 0.5) is 5.69 Å². The molecule has 1 aliphatic rings. The van der Waals surface area contributed by atoms with E-state index in [1.54, 1.807) is 19.1 Å². The zero-order valence-electron chi connectivity index (χ0n) is 10.4. The maximum atomic E-state index is 12.2. The van der Waals surface area contributed by atoms with E-state index in [2.05, 4.69) is 21.2 Å². The fourth-order valence-electron chi connectivity index (χ4n) is 2.02. The first-order chi connectivity index (χ1) is 8.92. The second kappa shape index (κ2) is 5.30. The molecule has 5 nitrogen and oxygen atoms in total. The van der Waals surface area contributed by atoms with Gasteiger partial charge < -0.3 is 15.2 Å². The summed E-state index contributed by atoms with van der Waals surface area (Å²) in [5.74, 6) is -1.40. The smallest absolute Gasteiger partial charge is 0.337 e. The van der Waals surface area contributed by atoms with Gasteiger partial charge in [0.25, 0.3) is 5.91 Å². The third-order valence-corrected chi connectivity index (χ3v) is 3.65. The molecule has 0 spiro atoms. The first-order valence-electron chi connectivity index (χ1n) is 5.91. The molecule has 1 heterocycles. The monoisotopic (exact) mass is 327 g/mol. The van der Waals surface area contributed by atoms with Crippen LogP contribution in [-0.4, -0.2) is 29.2 Å². The van der Waals surface area contributed by atoms with Gasteiger partial charge in [-0.25, -0.2) is 4.79 Å². The van der Waals surface area contributed by atoms with Gasteiger partial charge in [0.05, 0.1) is 11.3 Å². The highest BCUT2D eigenvalue weighted by Crippen LogP contribution is 2.28. The molecule has 1 aromatic carbocycles. The molecule has 102 valence electrons. The van der Waals surface area contributed by atoms with Crippen LogP contribution in [0.1, 0.15) is 30.1 Å². The summed E-state index contributed by atoms with van der Waals surface area (Å²) in [6.45, 7) is 2.27. The molecule has 1 saturated heterocycles. The Morgan fingerprint density at radius 3 is 2.79 bits per heavy atom. The Morgan fingerprint density at radius 1 is 1.47 bits per heavy atom. The van der Waals surface area contributed by atoms with Gasteiger partial charge in [-0.3, -0.25) is 4.79 Å². The van der Waals surface area contributed by atoms with Crippen molar-refractivity contribution in [3.63, 3.8) is 0 Å². The average molecular weight is 328 g/mol. The molecule has 1 amide bonds. The summed E-state index contributed by atoms with van der Waals surface area (Å²) >= 11 is 3.21. The van der Waals surface area contributed by atoms with E-state index in [9.17, 15) is 9.59 Å². The topological polar surface area (TPSA) is 75.6 Å². The van der Waals surface area contributed by atoms with E-state index >= 15 is 0 Å². The Labute approximate surface area is 119 Å². The van der Waals surface area contributed by atoms with Gasteiger partial charge in [-0.1, -0.05) is 15.9 Å². The van der Waals surface area contributed by atoms with Crippen molar-refractivity contribution in [2.75, 3.05) is 11.9 Å². The number of carboxylic acids is 1. The Kier molecular flexibility index (Phi) is 3.91. The molecule has 1 aromatic rings. The van der Waals surface area contributed by atoms with Crippen LogP contribution >= 0.6 is 15.9 Å². The van der Waals surface area contributed by atoms with Gasteiger partial charge >= 0.3 is 5.97 Å². The van der Waals surface area contributed by atoms with Crippen molar-refractivity contribution in [3.05, 3.63) is 28.2 Å². The third-order valence-electron chi connectivity index (χ3n) is 3.16. The standard InChI is InChI=1S/C13H14BrNO4/c1-13(5-2-6-19-13)12(18)15-10-4-3-8(14)7-9(10)11(16)17/h3-4,7H,2,5-6H2,1H3,(H,15,18)(H,16,17). The molecule has 0 bridgehead atoms. The van der Waals surface area contributed by atoms with E-state index in [1.165, 1.54) is 6.07 Å². The van der Waals surface area contributed by atoms with Crippen molar-refractivity contribution in [3.8, 4) is 0 Å². The minimum Gasteiger partial charge on any atom is -0.478 e. The van der Waals surface area contributed by atoms with Crippen molar-refractivity contribution in [1.29, 1.82) is 0 Å². The van der Waals surface area contributed by atoms with E-state index in [4.69, 9.17) is 9.84 Å². The average Bonchev–Trinajstić information content (AvgIpc) is 2.79. The molecule has 0 aliphatic carbocycles. The van der Waals surface area contributed by atoms with Gasteiger partial charge in [0, 0.05) is 11.1 Å². The number of hydrogen-bond donors (Lipinski definition) is 2.